The molecule has 2 N–H and O–H groups in total. The first kappa shape index (κ1) is 27.8. The number of fused-ring (bicyclic) bond motifs is 1. The van der Waals surface area contributed by atoms with Gasteiger partial charge < -0.3 is 5.32 Å². The number of rotatable bonds is 13. The molecule has 0 radical (unpaired) electrons. The van der Waals surface area contributed by atoms with Gasteiger partial charge in [-0.15, -0.1) is 0 Å². The third-order valence-electron chi connectivity index (χ3n) is 7.50. The van der Waals surface area contributed by atoms with E-state index in [4.69, 9.17) is 0 Å². The lowest BCUT2D eigenvalue weighted by Crippen LogP contribution is -2.30. The fourth-order valence-electron chi connectivity index (χ4n) is 5.02. The van der Waals surface area contributed by atoms with E-state index in [1.807, 2.05) is 32.0 Å². The van der Waals surface area contributed by atoms with Crippen LogP contribution >= 0.6 is 0 Å². The molecular formula is C30H44N4O2. The number of nitrogens with zero attached hydrogens (tertiary/aromatic N) is 2. The van der Waals surface area contributed by atoms with E-state index in [2.05, 4.69) is 40.5 Å². The molecule has 0 spiro atoms. The Labute approximate surface area is 216 Å². The average molecular weight is 493 g/mol. The molecule has 2 aromatic rings. The lowest BCUT2D eigenvalue weighted by molar-refractivity contribution is -0.125. The molecule has 3 unspecified atom stereocenters. The summed E-state index contributed by atoms with van der Waals surface area (Å²) in [6, 6.07) is 5.75. The van der Waals surface area contributed by atoms with Crippen molar-refractivity contribution >= 4 is 34.2 Å². The van der Waals surface area contributed by atoms with Crippen molar-refractivity contribution in [1.29, 1.82) is 0 Å². The first-order valence-corrected chi connectivity index (χ1v) is 14.0. The van der Waals surface area contributed by atoms with Gasteiger partial charge in [-0.3, -0.25) is 15.1 Å². The van der Waals surface area contributed by atoms with Crippen molar-refractivity contribution in [3.05, 3.63) is 36.0 Å². The zero-order chi connectivity index (χ0) is 25.9. The SMILES string of the molecule is CCCCCCCCCCCCNC(=O)Nc1cnc2ccc(C3=CC(C)C(=O)C(C)C3C)cc2n1. The highest BCUT2D eigenvalue weighted by molar-refractivity contribution is 5.93. The van der Waals surface area contributed by atoms with Crippen LogP contribution in [0.4, 0.5) is 10.6 Å². The molecule has 1 aliphatic carbocycles. The molecule has 3 rings (SSSR count). The molecule has 1 aromatic heterocycles. The first-order chi connectivity index (χ1) is 17.4. The summed E-state index contributed by atoms with van der Waals surface area (Å²) in [6.45, 7) is 8.98. The summed E-state index contributed by atoms with van der Waals surface area (Å²) in [5.74, 6) is 0.788. The molecule has 0 fully saturated rings. The van der Waals surface area contributed by atoms with E-state index < -0.39 is 0 Å². The molecule has 36 heavy (non-hydrogen) atoms. The highest BCUT2D eigenvalue weighted by Gasteiger charge is 2.31. The summed E-state index contributed by atoms with van der Waals surface area (Å²) in [5.41, 5.74) is 3.73. The summed E-state index contributed by atoms with van der Waals surface area (Å²) in [4.78, 5) is 33.8. The van der Waals surface area contributed by atoms with Gasteiger partial charge in [-0.05, 0) is 35.6 Å². The van der Waals surface area contributed by atoms with Crippen molar-refractivity contribution in [3.63, 3.8) is 0 Å². The van der Waals surface area contributed by atoms with Gasteiger partial charge in [0.1, 0.15) is 5.78 Å². The fourth-order valence-corrected chi connectivity index (χ4v) is 5.02. The van der Waals surface area contributed by atoms with E-state index in [1.165, 1.54) is 56.9 Å². The van der Waals surface area contributed by atoms with E-state index in [-0.39, 0.29) is 23.8 Å². The van der Waals surface area contributed by atoms with Crippen LogP contribution in [0.25, 0.3) is 16.6 Å². The van der Waals surface area contributed by atoms with Crippen molar-refractivity contribution in [2.24, 2.45) is 17.8 Å². The van der Waals surface area contributed by atoms with Crippen LogP contribution in [0.15, 0.2) is 30.5 Å². The Morgan fingerprint density at radius 2 is 1.56 bits per heavy atom. The Bertz CT molecular complexity index is 1050. The molecule has 6 nitrogen and oxygen atoms in total. The number of aromatic nitrogens is 2. The number of Topliss-reactive ketones (excluding diaryl/α,β-unsaturated/α-hetero) is 1. The van der Waals surface area contributed by atoms with Crippen LogP contribution in [0.5, 0.6) is 0 Å². The largest absolute Gasteiger partial charge is 0.338 e. The molecule has 0 saturated heterocycles. The first-order valence-electron chi connectivity index (χ1n) is 14.0. The van der Waals surface area contributed by atoms with Crippen LogP contribution in [-0.4, -0.2) is 28.3 Å². The maximum absolute atomic E-state index is 12.4. The van der Waals surface area contributed by atoms with E-state index in [1.54, 1.807) is 6.20 Å². The molecule has 0 saturated carbocycles. The van der Waals surface area contributed by atoms with Crippen LogP contribution in [0.1, 0.15) is 97.5 Å². The highest BCUT2D eigenvalue weighted by atomic mass is 16.2. The minimum Gasteiger partial charge on any atom is -0.338 e. The Hall–Kier alpha value is -2.76. The third-order valence-corrected chi connectivity index (χ3v) is 7.50. The van der Waals surface area contributed by atoms with Crippen LogP contribution in [-0.2, 0) is 4.79 Å². The minimum absolute atomic E-state index is 0.00553. The molecule has 1 heterocycles. The molecule has 3 atom stereocenters. The standard InChI is InChI=1S/C30H44N4O2/c1-5-6-7-8-9-10-11-12-13-14-17-31-30(36)34-28-20-32-26-16-15-24(19-27(26)33-28)25-18-21(2)29(35)23(4)22(25)3/h15-16,18-23H,5-14,17H2,1-4H3,(H2,31,33,34,36). The number of unbranched alkanes of at least 4 members (excludes halogenated alkanes) is 9. The van der Waals surface area contributed by atoms with E-state index in [0.29, 0.717) is 18.1 Å². The Kier molecular flexibility index (Phi) is 10.9. The predicted molar refractivity (Wildman–Crippen MR) is 149 cm³/mol. The van der Waals surface area contributed by atoms with Gasteiger partial charge in [0, 0.05) is 18.4 Å². The van der Waals surface area contributed by atoms with Crippen LogP contribution < -0.4 is 10.6 Å². The molecule has 6 heteroatoms. The quantitative estimate of drug-likeness (QED) is 0.283. The number of nitrogens with one attached hydrogen (secondary N) is 2. The van der Waals surface area contributed by atoms with Crippen molar-refractivity contribution in [2.75, 3.05) is 11.9 Å². The summed E-state index contributed by atoms with van der Waals surface area (Å²) in [6.07, 6.45) is 16.4. The number of carbonyl (C=O) groups is 2. The van der Waals surface area contributed by atoms with Gasteiger partial charge in [0.05, 0.1) is 17.2 Å². The van der Waals surface area contributed by atoms with Gasteiger partial charge >= 0.3 is 6.03 Å². The summed E-state index contributed by atoms with van der Waals surface area (Å²) in [7, 11) is 0. The van der Waals surface area contributed by atoms with Crippen LogP contribution in [0.2, 0.25) is 0 Å². The van der Waals surface area contributed by atoms with Gasteiger partial charge in [0.15, 0.2) is 5.82 Å². The topological polar surface area (TPSA) is 84.0 Å². The van der Waals surface area contributed by atoms with Crippen molar-refractivity contribution < 1.29 is 9.59 Å². The molecule has 1 aromatic carbocycles. The second kappa shape index (κ2) is 14.1. The zero-order valence-corrected chi connectivity index (χ0v) is 22.6. The molecule has 196 valence electrons. The van der Waals surface area contributed by atoms with Gasteiger partial charge in [-0.2, -0.15) is 0 Å². The predicted octanol–water partition coefficient (Wildman–Crippen LogP) is 7.55. The Morgan fingerprint density at radius 3 is 2.25 bits per heavy atom. The monoisotopic (exact) mass is 492 g/mol. The lowest BCUT2D eigenvalue weighted by Gasteiger charge is -2.29. The van der Waals surface area contributed by atoms with E-state index in [0.717, 1.165) is 29.4 Å². The van der Waals surface area contributed by atoms with Gasteiger partial charge in [-0.25, -0.2) is 9.78 Å². The number of benzene rings is 1. The number of carbonyl (C=O) groups excluding carboxylic acids is 2. The Morgan fingerprint density at radius 1 is 0.889 bits per heavy atom. The average Bonchev–Trinajstić information content (AvgIpc) is 2.87. The summed E-state index contributed by atoms with van der Waals surface area (Å²) >= 11 is 0. The number of ketones is 1. The zero-order valence-electron chi connectivity index (χ0n) is 22.6. The molecule has 0 aliphatic heterocycles. The number of hydrogen-bond acceptors (Lipinski definition) is 4. The van der Waals surface area contributed by atoms with Crippen molar-refractivity contribution in [2.45, 2.75) is 91.9 Å². The van der Waals surface area contributed by atoms with Gasteiger partial charge in [0.2, 0.25) is 0 Å². The van der Waals surface area contributed by atoms with Gasteiger partial charge in [-0.1, -0.05) is 97.6 Å². The summed E-state index contributed by atoms with van der Waals surface area (Å²) < 4.78 is 0. The number of urea groups is 1. The smallest absolute Gasteiger partial charge is 0.320 e. The fraction of sp³-hybridized carbons (Fsp3) is 0.600. The molecule has 1 aliphatic rings. The second-order valence-electron chi connectivity index (χ2n) is 10.4. The van der Waals surface area contributed by atoms with Crippen molar-refractivity contribution in [1.82, 2.24) is 15.3 Å². The molecule has 0 bridgehead atoms. The number of amides is 2. The lowest BCUT2D eigenvalue weighted by atomic mass is 9.73. The van der Waals surface area contributed by atoms with Crippen LogP contribution in [0, 0.1) is 17.8 Å². The molecule has 2 amide bonds. The number of anilines is 1. The van der Waals surface area contributed by atoms with Gasteiger partial charge in [0.25, 0.3) is 0 Å². The number of hydrogen-bond donors (Lipinski definition) is 2. The van der Waals surface area contributed by atoms with Crippen LogP contribution in [0.3, 0.4) is 0 Å². The van der Waals surface area contributed by atoms with E-state index >= 15 is 0 Å². The maximum Gasteiger partial charge on any atom is 0.320 e. The normalized spacial score (nSPS) is 19.8. The number of allylic oxidation sites excluding steroid dienone is 2. The summed E-state index contributed by atoms with van der Waals surface area (Å²) in [5, 5.41) is 5.74. The minimum atomic E-state index is -0.250. The highest BCUT2D eigenvalue weighted by Crippen LogP contribution is 2.37. The Balaban J connectivity index is 1.46. The maximum atomic E-state index is 12.4. The van der Waals surface area contributed by atoms with E-state index in [9.17, 15) is 9.59 Å². The third kappa shape index (κ3) is 7.87. The second-order valence-corrected chi connectivity index (χ2v) is 10.4. The van der Waals surface area contributed by atoms with Crippen molar-refractivity contribution in [3.8, 4) is 0 Å². The molecular weight excluding hydrogens is 448 g/mol.